The van der Waals surface area contributed by atoms with Gasteiger partial charge < -0.3 is 10.0 Å². The molecule has 0 unspecified atom stereocenters. The van der Waals surface area contributed by atoms with Crippen molar-refractivity contribution in [1.82, 2.24) is 4.98 Å². The molecule has 0 spiro atoms. The van der Waals surface area contributed by atoms with Crippen molar-refractivity contribution in [2.45, 2.75) is 13.8 Å². The summed E-state index contributed by atoms with van der Waals surface area (Å²) in [4.78, 5) is 17.1. The first-order valence-electron chi connectivity index (χ1n) is 5.99. The quantitative estimate of drug-likeness (QED) is 0.916. The van der Waals surface area contributed by atoms with Crippen LogP contribution in [0.15, 0.2) is 36.5 Å². The first-order chi connectivity index (χ1) is 8.97. The molecule has 0 fully saturated rings. The Hall–Kier alpha value is -2.36. The Bertz CT molecular complexity index is 603. The van der Waals surface area contributed by atoms with Gasteiger partial charge >= 0.3 is 5.97 Å². The lowest BCUT2D eigenvalue weighted by Crippen LogP contribution is -2.12. The topological polar surface area (TPSA) is 53.4 Å². The van der Waals surface area contributed by atoms with E-state index in [4.69, 9.17) is 5.11 Å². The van der Waals surface area contributed by atoms with E-state index in [1.807, 2.05) is 37.9 Å². The standard InChI is InChI=1S/C15H16N2O2/c1-10-6-11(2)8-13(7-10)17(3)14-9-12(15(18)19)4-5-16-14/h4-9H,1-3H3,(H,18,19). The summed E-state index contributed by atoms with van der Waals surface area (Å²) < 4.78 is 0. The zero-order chi connectivity index (χ0) is 14.0. The van der Waals surface area contributed by atoms with E-state index in [2.05, 4.69) is 11.1 Å². The number of carboxylic acids is 1. The van der Waals surface area contributed by atoms with Crippen LogP contribution >= 0.6 is 0 Å². The maximum Gasteiger partial charge on any atom is 0.335 e. The molecule has 0 aliphatic carbocycles. The Morgan fingerprint density at radius 2 is 1.79 bits per heavy atom. The number of pyridine rings is 1. The number of anilines is 2. The third-order valence-corrected chi connectivity index (χ3v) is 2.93. The van der Waals surface area contributed by atoms with E-state index in [1.54, 1.807) is 6.07 Å². The van der Waals surface area contributed by atoms with Crippen LogP contribution in [0.25, 0.3) is 0 Å². The predicted molar refractivity (Wildman–Crippen MR) is 75.2 cm³/mol. The highest BCUT2D eigenvalue weighted by molar-refractivity contribution is 5.88. The Kier molecular flexibility index (Phi) is 3.51. The van der Waals surface area contributed by atoms with Gasteiger partial charge in [-0.2, -0.15) is 0 Å². The molecule has 2 aromatic rings. The number of aromatic nitrogens is 1. The van der Waals surface area contributed by atoms with Crippen LogP contribution in [0.4, 0.5) is 11.5 Å². The Balaban J connectivity index is 2.40. The lowest BCUT2D eigenvalue weighted by molar-refractivity contribution is 0.0697. The SMILES string of the molecule is Cc1cc(C)cc(N(C)c2cc(C(=O)O)ccn2)c1. The molecule has 2 rings (SSSR count). The minimum atomic E-state index is -0.947. The average molecular weight is 256 g/mol. The largest absolute Gasteiger partial charge is 0.478 e. The highest BCUT2D eigenvalue weighted by atomic mass is 16.4. The number of rotatable bonds is 3. The molecule has 98 valence electrons. The number of aryl methyl sites for hydroxylation is 2. The Morgan fingerprint density at radius 1 is 1.16 bits per heavy atom. The van der Waals surface area contributed by atoms with Crippen LogP contribution in [-0.4, -0.2) is 23.1 Å². The van der Waals surface area contributed by atoms with Gasteiger partial charge in [0.25, 0.3) is 0 Å². The lowest BCUT2D eigenvalue weighted by atomic mass is 10.1. The predicted octanol–water partition coefficient (Wildman–Crippen LogP) is 3.16. The second-order valence-corrected chi connectivity index (χ2v) is 4.61. The third kappa shape index (κ3) is 2.91. The molecule has 0 aliphatic heterocycles. The highest BCUT2D eigenvalue weighted by Gasteiger charge is 2.09. The number of carboxylic acid groups (broad SMARTS) is 1. The average Bonchev–Trinajstić information content (AvgIpc) is 2.37. The molecule has 4 nitrogen and oxygen atoms in total. The Morgan fingerprint density at radius 3 is 2.37 bits per heavy atom. The van der Waals surface area contributed by atoms with Gasteiger partial charge in [-0.05, 0) is 49.2 Å². The number of aromatic carboxylic acids is 1. The second-order valence-electron chi connectivity index (χ2n) is 4.61. The van der Waals surface area contributed by atoms with E-state index >= 15 is 0 Å². The summed E-state index contributed by atoms with van der Waals surface area (Å²) in [5, 5.41) is 9.00. The van der Waals surface area contributed by atoms with Crippen LogP contribution in [0, 0.1) is 13.8 Å². The van der Waals surface area contributed by atoms with Crippen molar-refractivity contribution >= 4 is 17.5 Å². The van der Waals surface area contributed by atoms with Gasteiger partial charge in [0.2, 0.25) is 0 Å². The van der Waals surface area contributed by atoms with Crippen molar-refractivity contribution in [2.75, 3.05) is 11.9 Å². The molecule has 1 aromatic carbocycles. The molecule has 0 aliphatic rings. The summed E-state index contributed by atoms with van der Waals surface area (Å²) >= 11 is 0. The fourth-order valence-electron chi connectivity index (χ4n) is 2.01. The van der Waals surface area contributed by atoms with E-state index in [0.29, 0.717) is 5.82 Å². The van der Waals surface area contributed by atoms with Gasteiger partial charge in [-0.3, -0.25) is 0 Å². The first-order valence-corrected chi connectivity index (χ1v) is 5.99. The number of carbonyl (C=O) groups is 1. The van der Waals surface area contributed by atoms with Crippen LogP contribution in [0.3, 0.4) is 0 Å². The van der Waals surface area contributed by atoms with Gasteiger partial charge in [-0.1, -0.05) is 6.07 Å². The molecule has 0 bridgehead atoms. The Labute approximate surface area is 112 Å². The van der Waals surface area contributed by atoms with Crippen molar-refractivity contribution in [2.24, 2.45) is 0 Å². The van der Waals surface area contributed by atoms with Crippen molar-refractivity contribution < 1.29 is 9.90 Å². The zero-order valence-electron chi connectivity index (χ0n) is 11.2. The van der Waals surface area contributed by atoms with Gasteiger partial charge in [-0.15, -0.1) is 0 Å². The monoisotopic (exact) mass is 256 g/mol. The van der Waals surface area contributed by atoms with Gasteiger partial charge in [0.1, 0.15) is 5.82 Å². The minimum Gasteiger partial charge on any atom is -0.478 e. The smallest absolute Gasteiger partial charge is 0.335 e. The molecule has 0 saturated heterocycles. The molecular weight excluding hydrogens is 240 g/mol. The summed E-state index contributed by atoms with van der Waals surface area (Å²) in [6.07, 6.45) is 1.51. The van der Waals surface area contributed by atoms with E-state index in [0.717, 1.165) is 16.8 Å². The van der Waals surface area contributed by atoms with Gasteiger partial charge in [-0.25, -0.2) is 9.78 Å². The van der Waals surface area contributed by atoms with Crippen LogP contribution in [0.1, 0.15) is 21.5 Å². The molecule has 4 heteroatoms. The maximum absolute atomic E-state index is 11.0. The first kappa shape index (κ1) is 13.1. The highest BCUT2D eigenvalue weighted by Crippen LogP contribution is 2.24. The van der Waals surface area contributed by atoms with Crippen LogP contribution in [0.2, 0.25) is 0 Å². The number of benzene rings is 1. The van der Waals surface area contributed by atoms with Crippen LogP contribution < -0.4 is 4.90 Å². The van der Waals surface area contributed by atoms with Crippen molar-refractivity contribution in [3.63, 3.8) is 0 Å². The fraction of sp³-hybridized carbons (Fsp3) is 0.200. The molecule has 1 aromatic heterocycles. The van der Waals surface area contributed by atoms with Crippen molar-refractivity contribution in [3.8, 4) is 0 Å². The fourth-order valence-corrected chi connectivity index (χ4v) is 2.01. The summed E-state index contributed by atoms with van der Waals surface area (Å²) in [6, 6.07) is 9.24. The molecule has 1 N–H and O–H groups in total. The van der Waals surface area contributed by atoms with Crippen LogP contribution in [0.5, 0.6) is 0 Å². The summed E-state index contributed by atoms with van der Waals surface area (Å²) in [5.41, 5.74) is 3.56. The molecule has 0 saturated carbocycles. The second kappa shape index (κ2) is 5.10. The number of hydrogen-bond acceptors (Lipinski definition) is 3. The van der Waals surface area contributed by atoms with Gasteiger partial charge in [0.15, 0.2) is 0 Å². The molecule has 0 atom stereocenters. The minimum absolute atomic E-state index is 0.237. The molecule has 0 radical (unpaired) electrons. The van der Waals surface area contributed by atoms with Gasteiger partial charge in [0, 0.05) is 18.9 Å². The normalized spacial score (nSPS) is 10.3. The molecule has 1 heterocycles. The van der Waals surface area contributed by atoms with E-state index in [-0.39, 0.29) is 5.56 Å². The van der Waals surface area contributed by atoms with Gasteiger partial charge in [0.05, 0.1) is 5.56 Å². The lowest BCUT2D eigenvalue weighted by Gasteiger charge is -2.19. The molecular formula is C15H16N2O2. The van der Waals surface area contributed by atoms with Crippen molar-refractivity contribution in [1.29, 1.82) is 0 Å². The number of nitrogens with zero attached hydrogens (tertiary/aromatic N) is 2. The third-order valence-electron chi connectivity index (χ3n) is 2.93. The maximum atomic E-state index is 11.0. The van der Waals surface area contributed by atoms with Crippen LogP contribution in [-0.2, 0) is 0 Å². The summed E-state index contributed by atoms with van der Waals surface area (Å²) in [6.45, 7) is 4.07. The summed E-state index contributed by atoms with van der Waals surface area (Å²) in [7, 11) is 1.88. The zero-order valence-corrected chi connectivity index (χ0v) is 11.2. The molecule has 0 amide bonds. The van der Waals surface area contributed by atoms with E-state index in [1.165, 1.54) is 12.3 Å². The summed E-state index contributed by atoms with van der Waals surface area (Å²) in [5.74, 6) is -0.331. The van der Waals surface area contributed by atoms with Crippen molar-refractivity contribution in [3.05, 3.63) is 53.2 Å². The number of hydrogen-bond donors (Lipinski definition) is 1. The van der Waals surface area contributed by atoms with E-state index < -0.39 is 5.97 Å². The van der Waals surface area contributed by atoms with E-state index in [9.17, 15) is 4.79 Å². The molecule has 19 heavy (non-hydrogen) atoms.